The Labute approximate surface area is 92.6 Å². The largest absolute Gasteiger partial charge is 0.481 e. The van der Waals surface area contributed by atoms with E-state index >= 15 is 0 Å². The Hall–Kier alpha value is -0.940. The van der Waals surface area contributed by atoms with Gasteiger partial charge in [0.15, 0.2) is 0 Å². The summed E-state index contributed by atoms with van der Waals surface area (Å²) < 4.78 is 0. The van der Waals surface area contributed by atoms with Gasteiger partial charge >= 0.3 is 5.97 Å². The first-order valence-corrected chi connectivity index (χ1v) is 5.96. The monoisotopic (exact) mass is 226 g/mol. The fraction of sp³-hybridized carbons (Fsp3) is 0.600. The van der Waals surface area contributed by atoms with Gasteiger partial charge in [0.25, 0.3) is 0 Å². The average Bonchev–Trinajstić information content (AvgIpc) is 2.71. The quantitative estimate of drug-likeness (QED) is 0.847. The zero-order valence-corrected chi connectivity index (χ0v) is 9.24. The highest BCUT2D eigenvalue weighted by Gasteiger charge is 2.24. The van der Waals surface area contributed by atoms with E-state index in [9.17, 15) is 4.79 Å². The standard InChI is InChI=1S/C10H14N2O2S/c13-10(14)8-1-3-12(4-2-8)6-9-5-11-7-15-9/h5,7-8H,1-4,6H2,(H,13,14). The van der Waals surface area contributed by atoms with Crippen LogP contribution in [0.2, 0.25) is 0 Å². The molecule has 0 bridgehead atoms. The maximum absolute atomic E-state index is 10.8. The van der Waals surface area contributed by atoms with Crippen molar-refractivity contribution in [3.63, 3.8) is 0 Å². The summed E-state index contributed by atoms with van der Waals surface area (Å²) in [4.78, 5) is 18.3. The fourth-order valence-electron chi connectivity index (χ4n) is 1.88. The lowest BCUT2D eigenvalue weighted by atomic mass is 9.97. The van der Waals surface area contributed by atoms with Crippen LogP contribution in [0.4, 0.5) is 0 Å². The fourth-order valence-corrected chi connectivity index (χ4v) is 2.51. The third kappa shape index (κ3) is 2.76. The zero-order valence-electron chi connectivity index (χ0n) is 8.43. The van der Waals surface area contributed by atoms with Crippen LogP contribution in [0, 0.1) is 5.92 Å². The van der Waals surface area contributed by atoms with Crippen LogP contribution < -0.4 is 0 Å². The normalized spacial score (nSPS) is 19.2. The maximum atomic E-state index is 10.8. The van der Waals surface area contributed by atoms with Gasteiger partial charge in [-0.25, -0.2) is 0 Å². The highest BCUT2D eigenvalue weighted by atomic mass is 32.1. The zero-order chi connectivity index (χ0) is 10.7. The van der Waals surface area contributed by atoms with Crippen molar-refractivity contribution in [2.24, 2.45) is 5.92 Å². The van der Waals surface area contributed by atoms with E-state index in [1.165, 1.54) is 4.88 Å². The minimum Gasteiger partial charge on any atom is -0.481 e. The highest BCUT2D eigenvalue weighted by Crippen LogP contribution is 2.19. The number of nitrogens with zero attached hydrogens (tertiary/aromatic N) is 2. The summed E-state index contributed by atoms with van der Waals surface area (Å²) in [5, 5.41) is 8.85. The lowest BCUT2D eigenvalue weighted by Crippen LogP contribution is -2.35. The van der Waals surface area contributed by atoms with Crippen LogP contribution >= 0.6 is 11.3 Å². The van der Waals surface area contributed by atoms with Crippen LogP contribution in [0.25, 0.3) is 0 Å². The summed E-state index contributed by atoms with van der Waals surface area (Å²) >= 11 is 1.65. The number of likely N-dealkylation sites (tertiary alicyclic amines) is 1. The van der Waals surface area contributed by atoms with Crippen molar-refractivity contribution in [2.75, 3.05) is 13.1 Å². The predicted octanol–water partition coefficient (Wildman–Crippen LogP) is 1.44. The number of rotatable bonds is 3. The number of hydrogen-bond acceptors (Lipinski definition) is 4. The Morgan fingerprint density at radius 2 is 2.33 bits per heavy atom. The number of hydrogen-bond donors (Lipinski definition) is 1. The molecule has 0 aromatic carbocycles. The van der Waals surface area contributed by atoms with E-state index in [0.717, 1.165) is 32.5 Å². The molecule has 1 aromatic heterocycles. The van der Waals surface area contributed by atoms with Crippen molar-refractivity contribution >= 4 is 17.3 Å². The van der Waals surface area contributed by atoms with Crippen LogP contribution in [0.1, 0.15) is 17.7 Å². The third-order valence-corrected chi connectivity index (χ3v) is 3.56. The molecule has 2 rings (SSSR count). The number of carbonyl (C=O) groups is 1. The molecule has 1 aliphatic heterocycles. The molecule has 1 N–H and O–H groups in total. The highest BCUT2D eigenvalue weighted by molar-refractivity contribution is 7.09. The van der Waals surface area contributed by atoms with Crippen molar-refractivity contribution < 1.29 is 9.90 Å². The first-order chi connectivity index (χ1) is 7.25. The summed E-state index contributed by atoms with van der Waals surface area (Å²) in [6.07, 6.45) is 3.43. The minimum atomic E-state index is -0.646. The van der Waals surface area contributed by atoms with Gasteiger partial charge in [0.05, 0.1) is 11.4 Å². The molecule has 15 heavy (non-hydrogen) atoms. The second-order valence-electron chi connectivity index (χ2n) is 3.86. The molecule has 5 heteroatoms. The Morgan fingerprint density at radius 1 is 1.60 bits per heavy atom. The van der Waals surface area contributed by atoms with E-state index in [2.05, 4.69) is 9.88 Å². The molecule has 82 valence electrons. The van der Waals surface area contributed by atoms with E-state index in [1.54, 1.807) is 11.3 Å². The molecule has 1 aliphatic rings. The molecule has 4 nitrogen and oxygen atoms in total. The second-order valence-corrected chi connectivity index (χ2v) is 4.83. The van der Waals surface area contributed by atoms with Gasteiger partial charge in [-0.05, 0) is 25.9 Å². The summed E-state index contributed by atoms with van der Waals surface area (Å²) in [5.74, 6) is -0.782. The second kappa shape index (κ2) is 4.72. The van der Waals surface area contributed by atoms with Crippen molar-refractivity contribution in [3.05, 3.63) is 16.6 Å². The summed E-state index contributed by atoms with van der Waals surface area (Å²) in [7, 11) is 0. The van der Waals surface area contributed by atoms with Gasteiger partial charge < -0.3 is 5.11 Å². The van der Waals surface area contributed by atoms with Crippen LogP contribution in [-0.2, 0) is 11.3 Å². The first-order valence-electron chi connectivity index (χ1n) is 5.08. The molecule has 1 aromatic rings. The van der Waals surface area contributed by atoms with Crippen molar-refractivity contribution in [2.45, 2.75) is 19.4 Å². The van der Waals surface area contributed by atoms with Crippen LogP contribution in [0.15, 0.2) is 11.7 Å². The van der Waals surface area contributed by atoms with Gasteiger partial charge in [-0.3, -0.25) is 14.7 Å². The molecule has 2 heterocycles. The van der Waals surface area contributed by atoms with Crippen LogP contribution in [0.3, 0.4) is 0 Å². The average molecular weight is 226 g/mol. The molecule has 1 saturated heterocycles. The van der Waals surface area contributed by atoms with Crippen molar-refractivity contribution in [3.8, 4) is 0 Å². The van der Waals surface area contributed by atoms with E-state index in [1.807, 2.05) is 11.7 Å². The summed E-state index contributed by atoms with van der Waals surface area (Å²) in [6, 6.07) is 0. The lowest BCUT2D eigenvalue weighted by molar-refractivity contribution is -0.143. The third-order valence-electron chi connectivity index (χ3n) is 2.80. The number of aliphatic carboxylic acids is 1. The van der Waals surface area contributed by atoms with Crippen LogP contribution in [0.5, 0.6) is 0 Å². The number of carboxylic acid groups (broad SMARTS) is 1. The van der Waals surface area contributed by atoms with Gasteiger partial charge in [-0.2, -0.15) is 0 Å². The number of thiazole rings is 1. The van der Waals surface area contributed by atoms with E-state index in [-0.39, 0.29) is 5.92 Å². The maximum Gasteiger partial charge on any atom is 0.306 e. The molecular weight excluding hydrogens is 212 g/mol. The topological polar surface area (TPSA) is 53.4 Å². The molecule has 0 saturated carbocycles. The summed E-state index contributed by atoms with van der Waals surface area (Å²) in [5.41, 5.74) is 1.83. The van der Waals surface area contributed by atoms with Gasteiger partial charge in [0.2, 0.25) is 0 Å². The predicted molar refractivity (Wildman–Crippen MR) is 57.8 cm³/mol. The SMILES string of the molecule is O=C(O)C1CCN(Cc2cncs2)CC1. The van der Waals surface area contributed by atoms with Gasteiger partial charge in [0.1, 0.15) is 0 Å². The summed E-state index contributed by atoms with van der Waals surface area (Å²) in [6.45, 7) is 2.68. The van der Waals surface area contributed by atoms with Crippen molar-refractivity contribution in [1.29, 1.82) is 0 Å². The van der Waals surface area contributed by atoms with Crippen molar-refractivity contribution in [1.82, 2.24) is 9.88 Å². The van der Waals surface area contributed by atoms with E-state index in [4.69, 9.17) is 5.11 Å². The molecular formula is C10H14N2O2S. The Bertz CT molecular complexity index is 318. The molecule has 0 spiro atoms. The molecule has 0 atom stereocenters. The number of aromatic nitrogens is 1. The molecule has 0 amide bonds. The van der Waals surface area contributed by atoms with Crippen LogP contribution in [-0.4, -0.2) is 34.0 Å². The van der Waals surface area contributed by atoms with E-state index < -0.39 is 5.97 Å². The lowest BCUT2D eigenvalue weighted by Gasteiger charge is -2.29. The Morgan fingerprint density at radius 3 is 2.87 bits per heavy atom. The van der Waals surface area contributed by atoms with Gasteiger partial charge in [0, 0.05) is 17.6 Å². The molecule has 1 fully saturated rings. The first kappa shape index (κ1) is 10.6. The number of piperidine rings is 1. The minimum absolute atomic E-state index is 0.136. The van der Waals surface area contributed by atoms with E-state index in [0.29, 0.717) is 0 Å². The Balaban J connectivity index is 1.81. The smallest absolute Gasteiger partial charge is 0.306 e. The number of carboxylic acids is 1. The molecule has 0 radical (unpaired) electrons. The molecule has 0 unspecified atom stereocenters. The Kier molecular flexibility index (Phi) is 3.33. The van der Waals surface area contributed by atoms with Gasteiger partial charge in [-0.1, -0.05) is 0 Å². The molecule has 0 aliphatic carbocycles. The van der Waals surface area contributed by atoms with Gasteiger partial charge in [-0.15, -0.1) is 11.3 Å².